The highest BCUT2D eigenvalue weighted by Gasteiger charge is 2.54. The Hall–Kier alpha value is -2.11. The number of carbonyl (C=O) groups excluding carboxylic acids is 2. The van der Waals surface area contributed by atoms with Crippen LogP contribution in [-0.2, 0) is 9.59 Å². The van der Waals surface area contributed by atoms with E-state index < -0.39 is 5.41 Å². The van der Waals surface area contributed by atoms with Gasteiger partial charge in [-0.3, -0.25) is 9.59 Å². The first kappa shape index (κ1) is 20.6. The molecule has 28 heavy (non-hydrogen) atoms. The number of amides is 2. The molecule has 6 nitrogen and oxygen atoms in total. The highest BCUT2D eigenvalue weighted by atomic mass is 16.2. The van der Waals surface area contributed by atoms with Crippen LogP contribution in [0.25, 0.3) is 0 Å². The number of fused-ring (bicyclic) bond motifs is 1. The number of nitrogens with zero attached hydrogens (tertiary/aromatic N) is 4. The summed E-state index contributed by atoms with van der Waals surface area (Å²) >= 11 is 0. The van der Waals surface area contributed by atoms with Crippen LogP contribution in [0, 0.1) is 17.3 Å². The quantitative estimate of drug-likeness (QED) is 0.781. The number of pyridine rings is 1. The lowest BCUT2D eigenvalue weighted by molar-refractivity contribution is -0.142. The normalized spacial score (nSPS) is 24.8. The van der Waals surface area contributed by atoms with Gasteiger partial charge in [0.25, 0.3) is 0 Å². The van der Waals surface area contributed by atoms with Crippen LogP contribution in [0.2, 0.25) is 0 Å². The lowest BCUT2D eigenvalue weighted by atomic mass is 9.74. The third kappa shape index (κ3) is 3.74. The van der Waals surface area contributed by atoms with Crippen molar-refractivity contribution in [2.24, 2.45) is 17.3 Å². The number of aromatic nitrogens is 1. The van der Waals surface area contributed by atoms with Crippen molar-refractivity contribution in [1.82, 2.24) is 14.8 Å². The van der Waals surface area contributed by atoms with Crippen LogP contribution in [0.15, 0.2) is 24.4 Å². The predicted molar refractivity (Wildman–Crippen MR) is 111 cm³/mol. The van der Waals surface area contributed by atoms with Gasteiger partial charge in [-0.05, 0) is 37.8 Å². The molecule has 6 heteroatoms. The van der Waals surface area contributed by atoms with E-state index in [1.165, 1.54) is 0 Å². The van der Waals surface area contributed by atoms with Crippen molar-refractivity contribution in [2.45, 2.75) is 39.5 Å². The summed E-state index contributed by atoms with van der Waals surface area (Å²) in [7, 11) is 3.69. The Morgan fingerprint density at radius 2 is 2.00 bits per heavy atom. The highest BCUT2D eigenvalue weighted by Crippen LogP contribution is 2.45. The van der Waals surface area contributed by atoms with E-state index in [9.17, 15) is 9.59 Å². The Morgan fingerprint density at radius 1 is 1.25 bits per heavy atom. The topological polar surface area (TPSA) is 56.8 Å². The maximum atomic E-state index is 13.3. The molecule has 3 rings (SSSR count). The fourth-order valence-corrected chi connectivity index (χ4v) is 5.04. The molecule has 0 N–H and O–H groups in total. The summed E-state index contributed by atoms with van der Waals surface area (Å²) in [6, 6.07) is 5.90. The molecule has 3 heterocycles. The summed E-state index contributed by atoms with van der Waals surface area (Å²) in [6.07, 6.45) is 5.24. The molecule has 2 saturated heterocycles. The number of likely N-dealkylation sites (tertiary alicyclic amines) is 1. The van der Waals surface area contributed by atoms with Gasteiger partial charge in [0.2, 0.25) is 11.8 Å². The van der Waals surface area contributed by atoms with Crippen LogP contribution in [0.5, 0.6) is 0 Å². The van der Waals surface area contributed by atoms with E-state index in [-0.39, 0.29) is 23.7 Å². The van der Waals surface area contributed by atoms with Crippen LogP contribution in [-0.4, -0.2) is 66.9 Å². The van der Waals surface area contributed by atoms with E-state index in [0.29, 0.717) is 13.1 Å². The lowest BCUT2D eigenvalue weighted by Crippen LogP contribution is -2.48. The molecule has 2 atom stereocenters. The Labute approximate surface area is 168 Å². The van der Waals surface area contributed by atoms with Crippen LogP contribution >= 0.6 is 0 Å². The Morgan fingerprint density at radius 3 is 2.61 bits per heavy atom. The fraction of sp³-hybridized carbons (Fsp3) is 0.682. The number of anilines is 1. The Balaban J connectivity index is 1.90. The molecule has 0 spiro atoms. The molecule has 2 amide bonds. The standard InChI is InChI=1S/C22H34N4O2/c1-5-17(6-2)20(27)25-13-9-11-22(21(28)24(3)4)16-26(15-18(22)14-25)19-10-7-8-12-23-19/h7-8,10,12,17-18H,5-6,9,11,13-16H2,1-4H3/t18-,22-/m0/s1. The molecule has 154 valence electrons. The van der Waals surface area contributed by atoms with Gasteiger partial charge in [-0.2, -0.15) is 0 Å². The molecule has 0 bridgehead atoms. The number of rotatable bonds is 5. The van der Waals surface area contributed by atoms with Gasteiger partial charge in [0.15, 0.2) is 0 Å². The van der Waals surface area contributed by atoms with Crippen LogP contribution in [0.3, 0.4) is 0 Å². The smallest absolute Gasteiger partial charge is 0.230 e. The second kappa shape index (κ2) is 8.50. The highest BCUT2D eigenvalue weighted by molar-refractivity contribution is 5.85. The van der Waals surface area contributed by atoms with Crippen molar-refractivity contribution in [2.75, 3.05) is 45.2 Å². The van der Waals surface area contributed by atoms with Crippen molar-refractivity contribution in [1.29, 1.82) is 0 Å². The molecular formula is C22H34N4O2. The Kier molecular flexibility index (Phi) is 6.26. The fourth-order valence-electron chi connectivity index (χ4n) is 5.04. The predicted octanol–water partition coefficient (Wildman–Crippen LogP) is 2.65. The van der Waals surface area contributed by atoms with Gasteiger partial charge in [0.1, 0.15) is 5.82 Å². The van der Waals surface area contributed by atoms with E-state index in [2.05, 4.69) is 23.7 Å². The molecule has 1 aromatic heterocycles. The number of hydrogen-bond donors (Lipinski definition) is 0. The van der Waals surface area contributed by atoms with E-state index in [4.69, 9.17) is 0 Å². The van der Waals surface area contributed by atoms with Gasteiger partial charge < -0.3 is 14.7 Å². The molecule has 0 aliphatic carbocycles. The first-order valence-electron chi connectivity index (χ1n) is 10.6. The van der Waals surface area contributed by atoms with Crippen LogP contribution in [0.1, 0.15) is 39.5 Å². The zero-order valence-corrected chi connectivity index (χ0v) is 17.7. The Bertz CT molecular complexity index is 689. The lowest BCUT2D eigenvalue weighted by Gasteiger charge is -2.35. The molecular weight excluding hydrogens is 352 g/mol. The molecule has 0 unspecified atom stereocenters. The molecule has 0 saturated carbocycles. The molecule has 0 radical (unpaired) electrons. The van der Waals surface area contributed by atoms with E-state index >= 15 is 0 Å². The first-order valence-corrected chi connectivity index (χ1v) is 10.6. The summed E-state index contributed by atoms with van der Waals surface area (Å²) in [5.74, 6) is 1.58. The minimum Gasteiger partial charge on any atom is -0.355 e. The monoisotopic (exact) mass is 386 g/mol. The van der Waals surface area contributed by atoms with Crippen molar-refractivity contribution < 1.29 is 9.59 Å². The second-order valence-electron chi connectivity index (χ2n) is 8.52. The summed E-state index contributed by atoms with van der Waals surface area (Å²) < 4.78 is 0. The van der Waals surface area contributed by atoms with Gasteiger partial charge in [-0.1, -0.05) is 19.9 Å². The summed E-state index contributed by atoms with van der Waals surface area (Å²) in [4.78, 5) is 36.9. The van der Waals surface area contributed by atoms with Gasteiger partial charge >= 0.3 is 0 Å². The minimum atomic E-state index is -0.440. The van der Waals surface area contributed by atoms with Gasteiger partial charge in [-0.25, -0.2) is 4.98 Å². The maximum absolute atomic E-state index is 13.3. The zero-order chi connectivity index (χ0) is 20.3. The van der Waals surface area contributed by atoms with Crippen molar-refractivity contribution >= 4 is 17.6 Å². The molecule has 2 fully saturated rings. The van der Waals surface area contributed by atoms with Crippen LogP contribution < -0.4 is 4.90 Å². The molecule has 0 aromatic carbocycles. The summed E-state index contributed by atoms with van der Waals surface area (Å²) in [6.45, 7) is 7.04. The molecule has 2 aliphatic heterocycles. The zero-order valence-electron chi connectivity index (χ0n) is 17.7. The van der Waals surface area contributed by atoms with E-state index in [1.54, 1.807) is 11.1 Å². The maximum Gasteiger partial charge on any atom is 0.230 e. The second-order valence-corrected chi connectivity index (χ2v) is 8.52. The van der Waals surface area contributed by atoms with Crippen molar-refractivity contribution in [3.05, 3.63) is 24.4 Å². The van der Waals surface area contributed by atoms with Gasteiger partial charge in [0, 0.05) is 58.3 Å². The largest absolute Gasteiger partial charge is 0.355 e. The number of carbonyl (C=O) groups is 2. The molecule has 2 aliphatic rings. The van der Waals surface area contributed by atoms with Gasteiger partial charge in [-0.15, -0.1) is 0 Å². The third-order valence-electron chi connectivity index (χ3n) is 6.64. The number of hydrogen-bond acceptors (Lipinski definition) is 4. The minimum absolute atomic E-state index is 0.0883. The first-order chi connectivity index (χ1) is 13.4. The van der Waals surface area contributed by atoms with Crippen LogP contribution in [0.4, 0.5) is 5.82 Å². The molecule has 1 aromatic rings. The summed E-state index contributed by atoms with van der Waals surface area (Å²) in [5.41, 5.74) is -0.440. The average Bonchev–Trinajstić information content (AvgIpc) is 2.97. The summed E-state index contributed by atoms with van der Waals surface area (Å²) in [5, 5.41) is 0. The van der Waals surface area contributed by atoms with E-state index in [1.807, 2.05) is 37.2 Å². The van der Waals surface area contributed by atoms with Crippen molar-refractivity contribution in [3.8, 4) is 0 Å². The van der Waals surface area contributed by atoms with E-state index in [0.717, 1.165) is 44.6 Å². The van der Waals surface area contributed by atoms with Crippen molar-refractivity contribution in [3.63, 3.8) is 0 Å². The average molecular weight is 387 g/mol. The third-order valence-corrected chi connectivity index (χ3v) is 6.64. The SMILES string of the molecule is CCC(CC)C(=O)N1CCC[C@]2(C(=O)N(C)C)CN(c3ccccn3)C[C@@H]2C1. The van der Waals surface area contributed by atoms with Gasteiger partial charge in [0.05, 0.1) is 5.41 Å².